The lowest BCUT2D eigenvalue weighted by Crippen LogP contribution is -2.50. The molecule has 1 fully saturated rings. The average Bonchev–Trinajstić information content (AvgIpc) is 2.45. The molecule has 0 radical (unpaired) electrons. The molecule has 120 valence electrons. The van der Waals surface area contributed by atoms with Gasteiger partial charge in [0, 0.05) is 37.2 Å². The van der Waals surface area contributed by atoms with E-state index >= 15 is 0 Å². The van der Waals surface area contributed by atoms with Gasteiger partial charge in [-0.1, -0.05) is 13.8 Å². The molecular weight excluding hydrogens is 284 g/mol. The van der Waals surface area contributed by atoms with Crippen LogP contribution >= 0.6 is 0 Å². The van der Waals surface area contributed by atoms with E-state index in [9.17, 15) is 14.4 Å². The molecule has 0 saturated carbocycles. The maximum atomic E-state index is 12.2. The second-order valence-electron chi connectivity index (χ2n) is 6.02. The topological polar surface area (TPSA) is 79.6 Å². The van der Waals surface area contributed by atoms with Crippen LogP contribution in [0.2, 0.25) is 0 Å². The van der Waals surface area contributed by atoms with Crippen molar-refractivity contribution in [2.45, 2.75) is 39.7 Å². The summed E-state index contributed by atoms with van der Waals surface area (Å²) in [7, 11) is 0. The van der Waals surface area contributed by atoms with Gasteiger partial charge in [-0.2, -0.15) is 0 Å². The summed E-state index contributed by atoms with van der Waals surface area (Å²) >= 11 is 0. The lowest BCUT2D eigenvalue weighted by Gasteiger charge is -2.34. The molecule has 1 atom stereocenters. The van der Waals surface area contributed by atoms with Gasteiger partial charge in [0.15, 0.2) is 11.2 Å². The standard InChI is InChI=1S/C16H22N2O4/c1-10(2)16(21)18-6-4-5-12(9-18)17-15(20)14-8-13(19)7-11(3)22-14/h7-8,10,12H,4-6,9H2,1-3H3,(H,17,20)/t12-/m1/s1. The second kappa shape index (κ2) is 6.77. The SMILES string of the molecule is Cc1cc(=O)cc(C(=O)N[C@@H]2CCCN(C(=O)C(C)C)C2)o1. The van der Waals surface area contributed by atoms with Gasteiger partial charge < -0.3 is 14.6 Å². The number of nitrogens with zero attached hydrogens (tertiary/aromatic N) is 1. The first-order valence-electron chi connectivity index (χ1n) is 7.58. The number of hydrogen-bond acceptors (Lipinski definition) is 4. The second-order valence-corrected chi connectivity index (χ2v) is 6.02. The Morgan fingerprint density at radius 3 is 2.73 bits per heavy atom. The van der Waals surface area contributed by atoms with E-state index in [1.165, 1.54) is 12.1 Å². The Kier molecular flexibility index (Phi) is 5.00. The summed E-state index contributed by atoms with van der Waals surface area (Å²) in [6.45, 7) is 6.58. The number of rotatable bonds is 3. The van der Waals surface area contributed by atoms with Crippen LogP contribution in [-0.2, 0) is 4.79 Å². The fraction of sp³-hybridized carbons (Fsp3) is 0.562. The molecule has 0 unspecified atom stereocenters. The maximum Gasteiger partial charge on any atom is 0.287 e. The van der Waals surface area contributed by atoms with Crippen molar-refractivity contribution in [2.75, 3.05) is 13.1 Å². The van der Waals surface area contributed by atoms with Crippen LogP contribution in [0.3, 0.4) is 0 Å². The lowest BCUT2D eigenvalue weighted by molar-refractivity contribution is -0.135. The summed E-state index contributed by atoms with van der Waals surface area (Å²) in [5.74, 6) is 0.0464. The quantitative estimate of drug-likeness (QED) is 0.913. The Labute approximate surface area is 129 Å². The van der Waals surface area contributed by atoms with E-state index in [1.54, 1.807) is 11.8 Å². The molecule has 1 aliphatic heterocycles. The highest BCUT2D eigenvalue weighted by molar-refractivity contribution is 5.91. The Morgan fingerprint density at radius 2 is 2.09 bits per heavy atom. The Bertz CT molecular complexity index is 621. The van der Waals surface area contributed by atoms with Crippen LogP contribution in [0.5, 0.6) is 0 Å². The molecule has 0 bridgehead atoms. The molecule has 2 amide bonds. The van der Waals surface area contributed by atoms with Crippen LogP contribution in [0.15, 0.2) is 21.3 Å². The Balaban J connectivity index is 2.02. The molecule has 0 spiro atoms. The molecule has 1 N–H and O–H groups in total. The predicted molar refractivity (Wildman–Crippen MR) is 81.6 cm³/mol. The minimum Gasteiger partial charge on any atom is -0.456 e. The fourth-order valence-electron chi connectivity index (χ4n) is 2.63. The van der Waals surface area contributed by atoms with Gasteiger partial charge in [0.05, 0.1) is 0 Å². The Morgan fingerprint density at radius 1 is 1.36 bits per heavy atom. The zero-order valence-electron chi connectivity index (χ0n) is 13.2. The van der Waals surface area contributed by atoms with E-state index in [0.29, 0.717) is 12.3 Å². The molecular formula is C16H22N2O4. The highest BCUT2D eigenvalue weighted by atomic mass is 16.3. The van der Waals surface area contributed by atoms with E-state index in [1.807, 2.05) is 13.8 Å². The molecule has 22 heavy (non-hydrogen) atoms. The molecule has 1 aliphatic rings. The molecule has 1 aromatic heterocycles. The van der Waals surface area contributed by atoms with Gasteiger partial charge in [0.2, 0.25) is 5.91 Å². The third-order valence-corrected chi connectivity index (χ3v) is 3.68. The zero-order valence-corrected chi connectivity index (χ0v) is 13.2. The molecule has 2 heterocycles. The van der Waals surface area contributed by atoms with Gasteiger partial charge in [0.25, 0.3) is 5.91 Å². The minimum absolute atomic E-state index is 0.0114. The number of likely N-dealkylation sites (tertiary alicyclic amines) is 1. The highest BCUT2D eigenvalue weighted by Crippen LogP contribution is 2.14. The normalized spacial score (nSPS) is 18.4. The number of carbonyl (C=O) groups excluding carboxylic acids is 2. The minimum atomic E-state index is -0.412. The third-order valence-electron chi connectivity index (χ3n) is 3.68. The summed E-state index contributed by atoms with van der Waals surface area (Å²) in [5.41, 5.74) is -0.255. The maximum absolute atomic E-state index is 12.2. The van der Waals surface area contributed by atoms with Crippen LogP contribution in [0, 0.1) is 12.8 Å². The van der Waals surface area contributed by atoms with Crippen molar-refractivity contribution in [1.29, 1.82) is 0 Å². The molecule has 2 rings (SSSR count). The fourth-order valence-corrected chi connectivity index (χ4v) is 2.63. The molecule has 6 heteroatoms. The lowest BCUT2D eigenvalue weighted by atomic mass is 10.0. The van der Waals surface area contributed by atoms with Gasteiger partial charge in [-0.15, -0.1) is 0 Å². The number of aryl methyl sites for hydroxylation is 1. The van der Waals surface area contributed by atoms with E-state index in [-0.39, 0.29) is 29.1 Å². The first-order chi connectivity index (χ1) is 10.4. The molecule has 0 aromatic carbocycles. The predicted octanol–water partition coefficient (Wildman–Crippen LogP) is 1.33. The van der Waals surface area contributed by atoms with Crippen LogP contribution < -0.4 is 10.7 Å². The van der Waals surface area contributed by atoms with Crippen LogP contribution in [-0.4, -0.2) is 35.8 Å². The average molecular weight is 306 g/mol. The van der Waals surface area contributed by atoms with Gasteiger partial charge in [0.1, 0.15) is 5.76 Å². The van der Waals surface area contributed by atoms with Crippen LogP contribution in [0.4, 0.5) is 0 Å². The van der Waals surface area contributed by atoms with Gasteiger partial charge >= 0.3 is 0 Å². The molecule has 0 aliphatic carbocycles. The summed E-state index contributed by atoms with van der Waals surface area (Å²) < 4.78 is 5.28. The number of hydrogen-bond donors (Lipinski definition) is 1. The number of amides is 2. The van der Waals surface area contributed by atoms with Crippen molar-refractivity contribution in [3.63, 3.8) is 0 Å². The van der Waals surface area contributed by atoms with Crippen LogP contribution in [0.1, 0.15) is 43.0 Å². The van der Waals surface area contributed by atoms with Crippen molar-refractivity contribution in [3.8, 4) is 0 Å². The summed E-state index contributed by atoms with van der Waals surface area (Å²) in [5, 5.41) is 2.85. The van der Waals surface area contributed by atoms with Crippen molar-refractivity contribution < 1.29 is 14.0 Å². The summed E-state index contributed by atoms with van der Waals surface area (Å²) in [6, 6.07) is 2.40. The Hall–Kier alpha value is -2.11. The summed E-state index contributed by atoms with van der Waals surface area (Å²) in [6.07, 6.45) is 1.66. The van der Waals surface area contributed by atoms with E-state index in [2.05, 4.69) is 5.32 Å². The number of carbonyl (C=O) groups is 2. The molecule has 1 aromatic rings. The largest absolute Gasteiger partial charge is 0.456 e. The highest BCUT2D eigenvalue weighted by Gasteiger charge is 2.26. The smallest absolute Gasteiger partial charge is 0.287 e. The van der Waals surface area contributed by atoms with E-state index in [4.69, 9.17) is 4.42 Å². The van der Waals surface area contributed by atoms with E-state index in [0.717, 1.165) is 19.4 Å². The third kappa shape index (κ3) is 3.96. The van der Waals surface area contributed by atoms with Crippen LogP contribution in [0.25, 0.3) is 0 Å². The van der Waals surface area contributed by atoms with Crippen molar-refractivity contribution in [2.24, 2.45) is 5.92 Å². The van der Waals surface area contributed by atoms with Gasteiger partial charge in [-0.05, 0) is 19.8 Å². The first-order valence-corrected chi connectivity index (χ1v) is 7.58. The van der Waals surface area contributed by atoms with Gasteiger partial charge in [-0.3, -0.25) is 14.4 Å². The van der Waals surface area contributed by atoms with Crippen molar-refractivity contribution >= 4 is 11.8 Å². The summed E-state index contributed by atoms with van der Waals surface area (Å²) in [4.78, 5) is 37.4. The van der Waals surface area contributed by atoms with Crippen molar-refractivity contribution in [1.82, 2.24) is 10.2 Å². The molecule has 1 saturated heterocycles. The van der Waals surface area contributed by atoms with Gasteiger partial charge in [-0.25, -0.2) is 0 Å². The molecule has 6 nitrogen and oxygen atoms in total. The van der Waals surface area contributed by atoms with Crippen molar-refractivity contribution in [3.05, 3.63) is 33.9 Å². The zero-order chi connectivity index (χ0) is 16.3. The first kappa shape index (κ1) is 16.3. The number of piperidine rings is 1. The number of nitrogens with one attached hydrogen (secondary N) is 1. The van der Waals surface area contributed by atoms with E-state index < -0.39 is 5.91 Å². The monoisotopic (exact) mass is 306 g/mol.